The van der Waals surface area contributed by atoms with Crippen LogP contribution < -0.4 is 0 Å². The summed E-state index contributed by atoms with van der Waals surface area (Å²) in [7, 11) is -4.14. The first-order valence-corrected chi connectivity index (χ1v) is 11.5. The SMILES string of the molecule is Cc1ccc(S(=O)(=O)C2=C(O)C(=O)N(Cc3ccccc3Cl)C2c2ccccc2)cc1. The summed E-state index contributed by atoms with van der Waals surface area (Å²) in [5.41, 5.74) is 2.14. The molecule has 1 unspecified atom stereocenters. The number of aryl methyl sites for hydroxylation is 1. The summed E-state index contributed by atoms with van der Waals surface area (Å²) in [4.78, 5) is 14.1. The quantitative estimate of drug-likeness (QED) is 0.591. The van der Waals surface area contributed by atoms with Gasteiger partial charge < -0.3 is 10.0 Å². The van der Waals surface area contributed by atoms with Crippen LogP contribution in [0.25, 0.3) is 0 Å². The maximum Gasteiger partial charge on any atom is 0.290 e. The number of hydrogen-bond donors (Lipinski definition) is 1. The molecule has 1 amide bonds. The van der Waals surface area contributed by atoms with Crippen molar-refractivity contribution >= 4 is 27.3 Å². The third kappa shape index (κ3) is 3.84. The van der Waals surface area contributed by atoms with Gasteiger partial charge in [0, 0.05) is 11.6 Å². The van der Waals surface area contributed by atoms with Crippen molar-refractivity contribution in [2.24, 2.45) is 0 Å². The van der Waals surface area contributed by atoms with Crippen LogP contribution in [0.15, 0.2) is 94.4 Å². The van der Waals surface area contributed by atoms with Gasteiger partial charge in [-0.2, -0.15) is 0 Å². The molecule has 31 heavy (non-hydrogen) atoms. The maximum absolute atomic E-state index is 13.5. The van der Waals surface area contributed by atoms with Crippen LogP contribution in [0.4, 0.5) is 0 Å². The van der Waals surface area contributed by atoms with E-state index in [0.717, 1.165) is 5.56 Å². The molecule has 158 valence electrons. The van der Waals surface area contributed by atoms with Crippen molar-refractivity contribution in [3.8, 4) is 0 Å². The van der Waals surface area contributed by atoms with Gasteiger partial charge in [-0.25, -0.2) is 8.42 Å². The molecule has 5 nitrogen and oxygen atoms in total. The first kappa shape index (κ1) is 21.2. The molecule has 1 aliphatic heterocycles. The summed E-state index contributed by atoms with van der Waals surface area (Å²) in [5.74, 6) is -1.51. The minimum atomic E-state index is -4.14. The molecular formula is C24H20ClNO4S. The molecule has 0 saturated heterocycles. The van der Waals surface area contributed by atoms with E-state index in [1.54, 1.807) is 66.7 Å². The second kappa shape index (κ2) is 8.21. The van der Waals surface area contributed by atoms with Crippen LogP contribution in [0, 0.1) is 6.92 Å². The van der Waals surface area contributed by atoms with Crippen molar-refractivity contribution in [2.75, 3.05) is 0 Å². The Labute approximate surface area is 186 Å². The average Bonchev–Trinajstić information content (AvgIpc) is 3.02. The Morgan fingerprint density at radius 1 is 0.935 bits per heavy atom. The fourth-order valence-corrected chi connectivity index (χ4v) is 5.53. The summed E-state index contributed by atoms with van der Waals surface area (Å²) in [6.45, 7) is 1.90. The number of aliphatic hydroxyl groups is 1. The number of nitrogens with zero attached hydrogens (tertiary/aromatic N) is 1. The number of carbonyl (C=O) groups excluding carboxylic acids is 1. The summed E-state index contributed by atoms with van der Waals surface area (Å²) in [6, 6.07) is 21.2. The van der Waals surface area contributed by atoms with Gasteiger partial charge in [0.25, 0.3) is 5.91 Å². The molecule has 4 rings (SSSR count). The second-order valence-electron chi connectivity index (χ2n) is 7.37. The minimum Gasteiger partial charge on any atom is -0.502 e. The lowest BCUT2D eigenvalue weighted by Crippen LogP contribution is -2.30. The second-order valence-corrected chi connectivity index (χ2v) is 9.69. The minimum absolute atomic E-state index is 0.0213. The Kier molecular flexibility index (Phi) is 5.60. The predicted octanol–water partition coefficient (Wildman–Crippen LogP) is 4.98. The molecule has 3 aromatic rings. The zero-order valence-electron chi connectivity index (χ0n) is 16.7. The fourth-order valence-electron chi connectivity index (χ4n) is 3.69. The molecule has 0 saturated carbocycles. The maximum atomic E-state index is 13.5. The van der Waals surface area contributed by atoms with Crippen LogP contribution in [0.5, 0.6) is 0 Å². The molecular weight excluding hydrogens is 434 g/mol. The number of benzene rings is 3. The van der Waals surface area contributed by atoms with Crippen LogP contribution in [0.3, 0.4) is 0 Å². The standard InChI is InChI=1S/C24H20ClNO4S/c1-16-11-13-19(14-12-16)31(29,30)23-21(17-7-3-2-4-8-17)26(24(28)22(23)27)15-18-9-5-6-10-20(18)25/h2-14,21,27H,15H2,1H3. The van der Waals surface area contributed by atoms with Crippen LogP contribution in [-0.4, -0.2) is 24.3 Å². The van der Waals surface area contributed by atoms with Crippen molar-refractivity contribution < 1.29 is 18.3 Å². The summed E-state index contributed by atoms with van der Waals surface area (Å²) >= 11 is 6.29. The highest BCUT2D eigenvalue weighted by Gasteiger charge is 2.46. The Hall–Kier alpha value is -3.09. The molecule has 0 aliphatic carbocycles. The van der Waals surface area contributed by atoms with Crippen LogP contribution in [-0.2, 0) is 21.2 Å². The van der Waals surface area contributed by atoms with Crippen molar-refractivity contribution in [1.82, 2.24) is 4.90 Å². The van der Waals surface area contributed by atoms with E-state index >= 15 is 0 Å². The van der Waals surface area contributed by atoms with Crippen molar-refractivity contribution in [3.63, 3.8) is 0 Å². The Morgan fingerprint density at radius 2 is 1.55 bits per heavy atom. The number of sulfone groups is 1. The fraction of sp³-hybridized carbons (Fsp3) is 0.125. The van der Waals surface area contributed by atoms with Crippen molar-refractivity contribution in [3.05, 3.63) is 111 Å². The van der Waals surface area contributed by atoms with Gasteiger partial charge in [-0.15, -0.1) is 0 Å². The molecule has 0 aromatic heterocycles. The lowest BCUT2D eigenvalue weighted by atomic mass is 10.1. The highest BCUT2D eigenvalue weighted by Crippen LogP contribution is 2.43. The van der Waals surface area contributed by atoms with Crippen molar-refractivity contribution in [2.45, 2.75) is 24.4 Å². The summed E-state index contributed by atoms with van der Waals surface area (Å²) in [6.07, 6.45) is 0. The predicted molar refractivity (Wildman–Crippen MR) is 119 cm³/mol. The van der Waals surface area contributed by atoms with Gasteiger partial charge in [0.05, 0.1) is 10.9 Å². The molecule has 7 heteroatoms. The molecule has 1 aliphatic rings. The number of carbonyl (C=O) groups is 1. The Bertz CT molecular complexity index is 1270. The average molecular weight is 454 g/mol. The van der Waals surface area contributed by atoms with Gasteiger partial charge in [0.1, 0.15) is 4.91 Å². The van der Waals surface area contributed by atoms with Crippen LogP contribution >= 0.6 is 11.6 Å². The topological polar surface area (TPSA) is 74.7 Å². The van der Waals surface area contributed by atoms with Gasteiger partial charge >= 0.3 is 0 Å². The molecule has 0 spiro atoms. The molecule has 1 N–H and O–H groups in total. The third-order valence-electron chi connectivity index (χ3n) is 5.29. The van der Waals surface area contributed by atoms with Crippen molar-refractivity contribution in [1.29, 1.82) is 0 Å². The summed E-state index contributed by atoms with van der Waals surface area (Å²) in [5, 5.41) is 11.2. The van der Waals surface area contributed by atoms with Gasteiger partial charge in [0.2, 0.25) is 9.84 Å². The van der Waals surface area contributed by atoms with E-state index in [9.17, 15) is 18.3 Å². The van der Waals surface area contributed by atoms with Crippen LogP contribution in [0.1, 0.15) is 22.7 Å². The smallest absolute Gasteiger partial charge is 0.290 e. The lowest BCUT2D eigenvalue weighted by molar-refractivity contribution is -0.130. The number of rotatable bonds is 5. The number of halogens is 1. The molecule has 0 radical (unpaired) electrons. The monoisotopic (exact) mass is 453 g/mol. The third-order valence-corrected chi connectivity index (χ3v) is 7.55. The van der Waals surface area contributed by atoms with E-state index < -0.39 is 27.5 Å². The van der Waals surface area contributed by atoms with Gasteiger partial charge in [0.15, 0.2) is 5.76 Å². The van der Waals surface area contributed by atoms with E-state index in [1.807, 2.05) is 6.92 Å². The van der Waals surface area contributed by atoms with E-state index in [0.29, 0.717) is 16.1 Å². The van der Waals surface area contributed by atoms with E-state index in [4.69, 9.17) is 11.6 Å². The first-order chi connectivity index (χ1) is 14.8. The largest absolute Gasteiger partial charge is 0.502 e. The highest BCUT2D eigenvalue weighted by molar-refractivity contribution is 7.95. The Balaban J connectivity index is 1.86. The zero-order chi connectivity index (χ0) is 22.2. The molecule has 0 bridgehead atoms. The normalized spacial score (nSPS) is 16.8. The molecule has 0 fully saturated rings. The van der Waals surface area contributed by atoms with E-state index in [1.165, 1.54) is 17.0 Å². The first-order valence-electron chi connectivity index (χ1n) is 9.65. The Morgan fingerprint density at radius 3 is 2.19 bits per heavy atom. The van der Waals surface area contributed by atoms with E-state index in [-0.39, 0.29) is 16.3 Å². The highest BCUT2D eigenvalue weighted by atomic mass is 35.5. The lowest BCUT2D eigenvalue weighted by Gasteiger charge is -2.27. The number of aliphatic hydroxyl groups excluding tert-OH is 1. The van der Waals surface area contributed by atoms with Gasteiger partial charge in [-0.3, -0.25) is 4.79 Å². The van der Waals surface area contributed by atoms with Gasteiger partial charge in [-0.05, 0) is 36.2 Å². The summed E-state index contributed by atoms with van der Waals surface area (Å²) < 4.78 is 27.1. The van der Waals surface area contributed by atoms with Crippen LogP contribution in [0.2, 0.25) is 5.02 Å². The zero-order valence-corrected chi connectivity index (χ0v) is 18.3. The number of amides is 1. The van der Waals surface area contributed by atoms with Gasteiger partial charge in [-0.1, -0.05) is 77.8 Å². The molecule has 1 atom stereocenters. The molecule has 3 aromatic carbocycles. The van der Waals surface area contributed by atoms with E-state index in [2.05, 4.69) is 0 Å². The number of hydrogen-bond acceptors (Lipinski definition) is 4. The molecule has 1 heterocycles.